The average molecular weight is 398 g/mol. The molecule has 140 valence electrons. The Morgan fingerprint density at radius 1 is 0.862 bits per heavy atom. The maximum atomic E-state index is 13.5. The normalized spacial score (nSPS) is 12.0. The van der Waals surface area contributed by atoms with Crippen LogP contribution in [0.4, 0.5) is 4.39 Å². The van der Waals surface area contributed by atoms with Crippen molar-refractivity contribution in [1.82, 2.24) is 9.38 Å². The van der Waals surface area contributed by atoms with Crippen molar-refractivity contribution >= 4 is 22.4 Å². The molecule has 0 saturated heterocycles. The summed E-state index contributed by atoms with van der Waals surface area (Å²) in [5.74, 6) is -0.330. The van der Waals surface area contributed by atoms with E-state index in [9.17, 15) is 9.18 Å². The van der Waals surface area contributed by atoms with Gasteiger partial charge in [0.15, 0.2) is 4.96 Å². The number of imidazole rings is 1. The highest BCUT2D eigenvalue weighted by atomic mass is 32.1. The molecule has 0 radical (unpaired) electrons. The maximum Gasteiger partial charge on any atom is 0.274 e. The Kier molecular flexibility index (Phi) is 4.30. The summed E-state index contributed by atoms with van der Waals surface area (Å²) in [7, 11) is 0. The predicted octanol–water partition coefficient (Wildman–Crippen LogP) is 4.78. The van der Waals surface area contributed by atoms with Crippen molar-refractivity contribution in [3.63, 3.8) is 0 Å². The van der Waals surface area contributed by atoms with Crippen LogP contribution in [-0.2, 0) is 0 Å². The van der Waals surface area contributed by atoms with Crippen molar-refractivity contribution in [1.29, 1.82) is 0 Å². The van der Waals surface area contributed by atoms with E-state index in [2.05, 4.69) is 0 Å². The van der Waals surface area contributed by atoms with Crippen LogP contribution < -0.4 is 10.1 Å². The van der Waals surface area contributed by atoms with Gasteiger partial charge in [0.05, 0.1) is 15.9 Å². The second-order valence-electron chi connectivity index (χ2n) is 6.63. The monoisotopic (exact) mass is 398 g/mol. The van der Waals surface area contributed by atoms with Gasteiger partial charge in [-0.25, -0.2) is 13.8 Å². The molecule has 5 aromatic rings. The third kappa shape index (κ3) is 3.15. The van der Waals surface area contributed by atoms with Gasteiger partial charge in [-0.1, -0.05) is 84.1 Å². The van der Waals surface area contributed by atoms with Crippen molar-refractivity contribution in [3.8, 4) is 22.5 Å². The van der Waals surface area contributed by atoms with E-state index in [1.807, 2.05) is 60.7 Å². The highest BCUT2D eigenvalue weighted by Crippen LogP contribution is 2.32. The SMILES string of the molecule is O=c1c(=Cc2cccc(F)c2)sc2nc(-c3ccccc3)c(-c3ccccc3)n12. The first-order valence-corrected chi connectivity index (χ1v) is 9.96. The van der Waals surface area contributed by atoms with E-state index in [1.165, 1.54) is 23.5 Å². The van der Waals surface area contributed by atoms with Gasteiger partial charge >= 0.3 is 0 Å². The highest BCUT2D eigenvalue weighted by Gasteiger charge is 2.19. The van der Waals surface area contributed by atoms with Crippen LogP contribution in [-0.4, -0.2) is 9.38 Å². The fourth-order valence-electron chi connectivity index (χ4n) is 3.41. The smallest absolute Gasteiger partial charge is 0.267 e. The second kappa shape index (κ2) is 7.11. The predicted molar refractivity (Wildman–Crippen MR) is 115 cm³/mol. The molecular formula is C24H15FN2OS. The minimum absolute atomic E-state index is 0.150. The lowest BCUT2D eigenvalue weighted by atomic mass is 10.1. The van der Waals surface area contributed by atoms with Crippen LogP contribution in [0.15, 0.2) is 89.7 Å². The Labute approximate surface area is 170 Å². The zero-order chi connectivity index (χ0) is 19.8. The quantitative estimate of drug-likeness (QED) is 0.438. The van der Waals surface area contributed by atoms with Gasteiger partial charge in [0.25, 0.3) is 5.56 Å². The number of nitrogens with zero attached hydrogens (tertiary/aromatic N) is 2. The Balaban J connectivity index is 1.81. The van der Waals surface area contributed by atoms with Crippen LogP contribution in [0, 0.1) is 5.82 Å². The fourth-order valence-corrected chi connectivity index (χ4v) is 4.38. The molecular weight excluding hydrogens is 383 g/mol. The topological polar surface area (TPSA) is 34.4 Å². The van der Waals surface area contributed by atoms with Gasteiger partial charge in [-0.05, 0) is 23.8 Å². The van der Waals surface area contributed by atoms with E-state index in [4.69, 9.17) is 4.98 Å². The number of aromatic nitrogens is 2. The lowest BCUT2D eigenvalue weighted by Crippen LogP contribution is -2.23. The van der Waals surface area contributed by atoms with Gasteiger partial charge in [-0.3, -0.25) is 4.79 Å². The first-order valence-electron chi connectivity index (χ1n) is 9.14. The first kappa shape index (κ1) is 17.5. The molecule has 0 bridgehead atoms. The molecule has 5 rings (SSSR count). The minimum Gasteiger partial charge on any atom is -0.267 e. The summed E-state index contributed by atoms with van der Waals surface area (Å²) >= 11 is 1.31. The Hall–Kier alpha value is -3.57. The van der Waals surface area contributed by atoms with Gasteiger partial charge in [-0.15, -0.1) is 0 Å². The largest absolute Gasteiger partial charge is 0.274 e. The summed E-state index contributed by atoms with van der Waals surface area (Å²) in [6.45, 7) is 0. The molecule has 0 aliphatic heterocycles. The van der Waals surface area contributed by atoms with E-state index in [1.54, 1.807) is 22.6 Å². The van der Waals surface area contributed by atoms with Gasteiger partial charge in [0.1, 0.15) is 5.82 Å². The van der Waals surface area contributed by atoms with Gasteiger partial charge in [0, 0.05) is 11.1 Å². The van der Waals surface area contributed by atoms with Crippen molar-refractivity contribution in [2.24, 2.45) is 0 Å². The second-order valence-corrected chi connectivity index (χ2v) is 7.64. The zero-order valence-corrected chi connectivity index (χ0v) is 16.1. The molecule has 3 aromatic carbocycles. The van der Waals surface area contributed by atoms with Crippen molar-refractivity contribution in [2.75, 3.05) is 0 Å². The van der Waals surface area contributed by atoms with E-state index in [-0.39, 0.29) is 11.4 Å². The standard InChI is InChI=1S/C24H15FN2OS/c25-19-13-7-8-16(14-19)15-20-23(28)27-22(18-11-5-2-6-12-18)21(26-24(27)29-20)17-9-3-1-4-10-17/h1-15H. The molecule has 0 amide bonds. The van der Waals surface area contributed by atoms with Crippen molar-refractivity contribution in [3.05, 3.63) is 111 Å². The molecule has 2 aromatic heterocycles. The lowest BCUT2D eigenvalue weighted by Gasteiger charge is -2.04. The van der Waals surface area contributed by atoms with E-state index < -0.39 is 0 Å². The molecule has 0 spiro atoms. The molecule has 0 saturated carbocycles. The average Bonchev–Trinajstić information content (AvgIpc) is 3.26. The molecule has 0 atom stereocenters. The summed E-state index contributed by atoms with van der Waals surface area (Å²) in [5, 5.41) is 0. The van der Waals surface area contributed by atoms with Crippen LogP contribution in [0.1, 0.15) is 5.56 Å². The zero-order valence-electron chi connectivity index (χ0n) is 15.2. The molecule has 0 aliphatic rings. The summed E-state index contributed by atoms with van der Waals surface area (Å²) in [4.78, 5) is 18.7. The number of rotatable bonds is 3. The van der Waals surface area contributed by atoms with Crippen LogP contribution >= 0.6 is 11.3 Å². The van der Waals surface area contributed by atoms with E-state index in [0.29, 0.717) is 15.1 Å². The molecule has 2 heterocycles. The Morgan fingerprint density at radius 3 is 2.24 bits per heavy atom. The Morgan fingerprint density at radius 2 is 1.55 bits per heavy atom. The van der Waals surface area contributed by atoms with Crippen molar-refractivity contribution in [2.45, 2.75) is 0 Å². The lowest BCUT2D eigenvalue weighted by molar-refractivity contribution is 0.627. The summed E-state index contributed by atoms with van der Waals surface area (Å²) in [6, 6.07) is 25.8. The molecule has 5 heteroatoms. The molecule has 3 nitrogen and oxygen atoms in total. The number of fused-ring (bicyclic) bond motifs is 1. The summed E-state index contributed by atoms with van der Waals surface area (Å²) in [5.41, 5.74) is 3.92. The summed E-state index contributed by atoms with van der Waals surface area (Å²) < 4.78 is 15.7. The van der Waals surface area contributed by atoms with Crippen molar-refractivity contribution < 1.29 is 4.39 Å². The number of thiazole rings is 1. The third-order valence-electron chi connectivity index (χ3n) is 4.70. The number of hydrogen-bond donors (Lipinski definition) is 0. The van der Waals surface area contributed by atoms with Crippen LogP contribution in [0.5, 0.6) is 0 Å². The van der Waals surface area contributed by atoms with Crippen LogP contribution in [0.2, 0.25) is 0 Å². The molecule has 29 heavy (non-hydrogen) atoms. The van der Waals surface area contributed by atoms with E-state index >= 15 is 0 Å². The third-order valence-corrected chi connectivity index (χ3v) is 5.67. The van der Waals surface area contributed by atoms with E-state index in [0.717, 1.165) is 22.5 Å². The van der Waals surface area contributed by atoms with Crippen LogP contribution in [0.25, 0.3) is 33.6 Å². The van der Waals surface area contributed by atoms with Gasteiger partial charge in [0.2, 0.25) is 0 Å². The highest BCUT2D eigenvalue weighted by molar-refractivity contribution is 7.15. The van der Waals surface area contributed by atoms with Gasteiger partial charge < -0.3 is 0 Å². The molecule has 0 N–H and O–H groups in total. The number of halogens is 1. The summed E-state index contributed by atoms with van der Waals surface area (Å²) in [6.07, 6.45) is 1.71. The first-order chi connectivity index (χ1) is 14.2. The fraction of sp³-hybridized carbons (Fsp3) is 0. The maximum absolute atomic E-state index is 13.5. The molecule has 0 unspecified atom stereocenters. The molecule has 0 aliphatic carbocycles. The minimum atomic E-state index is -0.330. The number of benzene rings is 3. The number of hydrogen-bond acceptors (Lipinski definition) is 3. The molecule has 0 fully saturated rings. The van der Waals surface area contributed by atoms with Crippen LogP contribution in [0.3, 0.4) is 0 Å². The van der Waals surface area contributed by atoms with Gasteiger partial charge in [-0.2, -0.15) is 0 Å². The Bertz CT molecular complexity index is 1420.